The number of rotatable bonds is 3. The monoisotopic (exact) mass is 269 g/mol. The van der Waals surface area contributed by atoms with E-state index in [1.54, 1.807) is 0 Å². The first-order valence-corrected chi connectivity index (χ1v) is 7.95. The van der Waals surface area contributed by atoms with Crippen LogP contribution in [0.4, 0.5) is 0 Å². The van der Waals surface area contributed by atoms with Crippen molar-refractivity contribution in [3.63, 3.8) is 0 Å². The van der Waals surface area contributed by atoms with Crippen LogP contribution in [0.2, 0.25) is 0 Å². The molecule has 1 saturated heterocycles. The van der Waals surface area contributed by atoms with Crippen LogP contribution in [0.1, 0.15) is 50.9 Å². The van der Waals surface area contributed by atoms with E-state index in [-0.39, 0.29) is 0 Å². The number of imidazole rings is 1. The van der Waals surface area contributed by atoms with Gasteiger partial charge < -0.3 is 4.57 Å². The Kier molecular flexibility index (Phi) is 2.84. The SMILES string of the molecule is CC(C)c1nc2ccccc2n1C1CN(C2CCC2)C1. The molecule has 1 saturated carbocycles. The third-order valence-electron chi connectivity index (χ3n) is 4.99. The van der Waals surface area contributed by atoms with Crippen molar-refractivity contribution in [3.05, 3.63) is 30.1 Å². The molecule has 2 fully saturated rings. The number of aromatic nitrogens is 2. The minimum Gasteiger partial charge on any atom is -0.322 e. The highest BCUT2D eigenvalue weighted by molar-refractivity contribution is 5.76. The van der Waals surface area contributed by atoms with Crippen molar-refractivity contribution in [2.24, 2.45) is 0 Å². The Morgan fingerprint density at radius 3 is 2.50 bits per heavy atom. The van der Waals surface area contributed by atoms with Crippen molar-refractivity contribution in [1.82, 2.24) is 14.5 Å². The normalized spacial score (nSPS) is 21.4. The highest BCUT2D eigenvalue weighted by Crippen LogP contribution is 2.36. The van der Waals surface area contributed by atoms with Crippen LogP contribution in [-0.2, 0) is 0 Å². The van der Waals surface area contributed by atoms with Crippen molar-refractivity contribution in [2.45, 2.75) is 51.1 Å². The summed E-state index contributed by atoms with van der Waals surface area (Å²) < 4.78 is 2.51. The molecule has 2 aromatic rings. The number of likely N-dealkylation sites (tertiary alicyclic amines) is 1. The van der Waals surface area contributed by atoms with Gasteiger partial charge in [-0.25, -0.2) is 4.98 Å². The summed E-state index contributed by atoms with van der Waals surface area (Å²) in [6.07, 6.45) is 4.25. The van der Waals surface area contributed by atoms with E-state index in [4.69, 9.17) is 4.98 Å². The Balaban J connectivity index is 1.66. The Morgan fingerprint density at radius 1 is 1.10 bits per heavy atom. The van der Waals surface area contributed by atoms with E-state index in [1.807, 2.05) is 0 Å². The number of hydrogen-bond donors (Lipinski definition) is 0. The van der Waals surface area contributed by atoms with Crippen molar-refractivity contribution < 1.29 is 0 Å². The summed E-state index contributed by atoms with van der Waals surface area (Å²) in [6, 6.07) is 10.1. The third-order valence-corrected chi connectivity index (χ3v) is 4.99. The number of nitrogens with zero attached hydrogens (tertiary/aromatic N) is 3. The molecule has 3 heteroatoms. The molecule has 1 aliphatic carbocycles. The molecule has 20 heavy (non-hydrogen) atoms. The second kappa shape index (κ2) is 4.59. The summed E-state index contributed by atoms with van der Waals surface area (Å²) in [7, 11) is 0. The standard InChI is InChI=1S/C17H23N3/c1-12(2)17-18-15-8-3-4-9-16(15)20(17)14-10-19(11-14)13-6-5-7-13/h3-4,8-9,12-14H,5-7,10-11H2,1-2H3. The topological polar surface area (TPSA) is 21.1 Å². The summed E-state index contributed by atoms with van der Waals surface area (Å²) in [5.74, 6) is 1.74. The van der Waals surface area contributed by atoms with Crippen molar-refractivity contribution in [3.8, 4) is 0 Å². The van der Waals surface area contributed by atoms with Crippen molar-refractivity contribution in [2.75, 3.05) is 13.1 Å². The van der Waals surface area contributed by atoms with E-state index in [1.165, 1.54) is 43.7 Å². The van der Waals surface area contributed by atoms with Crippen LogP contribution in [0.5, 0.6) is 0 Å². The van der Waals surface area contributed by atoms with Crippen molar-refractivity contribution >= 4 is 11.0 Å². The van der Waals surface area contributed by atoms with Gasteiger partial charge in [-0.3, -0.25) is 4.90 Å². The summed E-state index contributed by atoms with van der Waals surface area (Å²) in [6.45, 7) is 6.93. The van der Waals surface area contributed by atoms with Crippen LogP contribution >= 0.6 is 0 Å². The molecule has 0 unspecified atom stereocenters. The van der Waals surface area contributed by atoms with Gasteiger partial charge in [0.05, 0.1) is 17.1 Å². The number of hydrogen-bond acceptors (Lipinski definition) is 2. The highest BCUT2D eigenvalue weighted by Gasteiger charge is 2.37. The zero-order chi connectivity index (χ0) is 13.7. The zero-order valence-corrected chi connectivity index (χ0v) is 12.4. The fourth-order valence-corrected chi connectivity index (χ4v) is 3.56. The molecule has 0 atom stereocenters. The number of fused-ring (bicyclic) bond motifs is 1. The van der Waals surface area contributed by atoms with E-state index < -0.39 is 0 Å². The van der Waals surface area contributed by atoms with Gasteiger partial charge in [-0.05, 0) is 25.0 Å². The molecule has 0 spiro atoms. The Bertz CT molecular complexity index is 618. The maximum atomic E-state index is 4.86. The summed E-state index contributed by atoms with van der Waals surface area (Å²) in [5, 5.41) is 0. The highest BCUT2D eigenvalue weighted by atomic mass is 15.3. The molecule has 106 valence electrons. The van der Waals surface area contributed by atoms with Gasteiger partial charge in [-0.15, -0.1) is 0 Å². The van der Waals surface area contributed by atoms with Crippen molar-refractivity contribution in [1.29, 1.82) is 0 Å². The molecule has 0 bridgehead atoms. The molecule has 0 radical (unpaired) electrons. The summed E-state index contributed by atoms with van der Waals surface area (Å²) >= 11 is 0. The molecular formula is C17H23N3. The molecule has 2 heterocycles. The molecule has 0 amide bonds. The van der Waals surface area contributed by atoms with Crippen LogP contribution in [0, 0.1) is 0 Å². The smallest absolute Gasteiger partial charge is 0.112 e. The van der Waals surface area contributed by atoms with Crippen LogP contribution in [0.25, 0.3) is 11.0 Å². The van der Waals surface area contributed by atoms with E-state index in [9.17, 15) is 0 Å². The zero-order valence-electron chi connectivity index (χ0n) is 12.4. The number of para-hydroxylation sites is 2. The summed E-state index contributed by atoms with van der Waals surface area (Å²) in [4.78, 5) is 7.52. The van der Waals surface area contributed by atoms with E-state index in [0.717, 1.165) is 11.6 Å². The fourth-order valence-electron chi connectivity index (χ4n) is 3.56. The van der Waals surface area contributed by atoms with Gasteiger partial charge in [0.15, 0.2) is 0 Å². The maximum Gasteiger partial charge on any atom is 0.112 e. The summed E-state index contributed by atoms with van der Waals surface area (Å²) in [5.41, 5.74) is 2.47. The second-order valence-corrected chi connectivity index (χ2v) is 6.68. The van der Waals surface area contributed by atoms with E-state index in [2.05, 4.69) is 47.6 Å². The number of benzene rings is 1. The lowest BCUT2D eigenvalue weighted by atomic mass is 9.88. The maximum absolute atomic E-state index is 4.86. The Morgan fingerprint density at radius 2 is 1.85 bits per heavy atom. The predicted octanol–water partition coefficient (Wildman–Crippen LogP) is 3.57. The average molecular weight is 269 g/mol. The van der Waals surface area contributed by atoms with Gasteiger partial charge in [0.1, 0.15) is 5.82 Å². The second-order valence-electron chi connectivity index (χ2n) is 6.68. The Hall–Kier alpha value is -1.35. The van der Waals surface area contributed by atoms with Gasteiger partial charge in [0.2, 0.25) is 0 Å². The van der Waals surface area contributed by atoms with Crippen LogP contribution in [0.15, 0.2) is 24.3 Å². The predicted molar refractivity (Wildman–Crippen MR) is 82.1 cm³/mol. The van der Waals surface area contributed by atoms with Crippen LogP contribution in [-0.4, -0.2) is 33.6 Å². The molecular weight excluding hydrogens is 246 g/mol. The molecule has 1 aliphatic heterocycles. The van der Waals surface area contributed by atoms with Gasteiger partial charge >= 0.3 is 0 Å². The molecule has 2 aliphatic rings. The minimum atomic E-state index is 0.486. The quantitative estimate of drug-likeness (QED) is 0.849. The molecule has 3 nitrogen and oxygen atoms in total. The van der Waals surface area contributed by atoms with E-state index >= 15 is 0 Å². The van der Waals surface area contributed by atoms with Gasteiger partial charge in [-0.2, -0.15) is 0 Å². The lowest BCUT2D eigenvalue weighted by Crippen LogP contribution is -2.55. The van der Waals surface area contributed by atoms with Crippen LogP contribution < -0.4 is 0 Å². The van der Waals surface area contributed by atoms with Gasteiger partial charge in [0, 0.05) is 25.0 Å². The first-order chi connectivity index (χ1) is 9.74. The molecule has 0 N–H and O–H groups in total. The fraction of sp³-hybridized carbons (Fsp3) is 0.588. The lowest BCUT2D eigenvalue weighted by molar-refractivity contribution is 0.0230. The molecule has 1 aromatic carbocycles. The third kappa shape index (κ3) is 1.80. The van der Waals surface area contributed by atoms with Crippen LogP contribution in [0.3, 0.4) is 0 Å². The largest absolute Gasteiger partial charge is 0.322 e. The van der Waals surface area contributed by atoms with Gasteiger partial charge in [0.25, 0.3) is 0 Å². The first kappa shape index (κ1) is 12.4. The average Bonchev–Trinajstić information content (AvgIpc) is 2.70. The van der Waals surface area contributed by atoms with E-state index in [0.29, 0.717) is 12.0 Å². The minimum absolute atomic E-state index is 0.486. The molecule has 1 aromatic heterocycles. The molecule has 4 rings (SSSR count). The van der Waals surface area contributed by atoms with Gasteiger partial charge in [-0.1, -0.05) is 32.4 Å². The lowest BCUT2D eigenvalue weighted by Gasteiger charge is -2.48. The first-order valence-electron chi connectivity index (χ1n) is 7.95. The Labute approximate surface area is 120 Å².